The number of carbonyl (C=O) groups excluding carboxylic acids is 1. The van der Waals surface area contributed by atoms with Crippen LogP contribution in [0.3, 0.4) is 0 Å². The Morgan fingerprint density at radius 3 is 3.00 bits per heavy atom. The van der Waals surface area contributed by atoms with E-state index in [1.807, 2.05) is 47.3 Å². The summed E-state index contributed by atoms with van der Waals surface area (Å²) in [6.45, 7) is 3.52. The largest absolute Gasteiger partial charge is 0.381 e. The van der Waals surface area contributed by atoms with Crippen molar-refractivity contribution in [1.82, 2.24) is 4.57 Å². The first-order chi connectivity index (χ1) is 10.2. The summed E-state index contributed by atoms with van der Waals surface area (Å²) in [4.78, 5) is 16.6. The molecular weight excluding hydrogens is 308 g/mol. The molecule has 0 fully saturated rings. The molecule has 2 rings (SSSR count). The molecule has 1 heterocycles. The van der Waals surface area contributed by atoms with E-state index in [0.717, 1.165) is 5.56 Å². The van der Waals surface area contributed by atoms with Crippen LogP contribution in [0.4, 0.5) is 0 Å². The zero-order valence-corrected chi connectivity index (χ0v) is 13.4. The summed E-state index contributed by atoms with van der Waals surface area (Å²) in [5.41, 5.74) is 1.00. The van der Waals surface area contributed by atoms with Crippen molar-refractivity contribution in [3.63, 3.8) is 0 Å². The van der Waals surface area contributed by atoms with Crippen LogP contribution in [0.25, 0.3) is 0 Å². The zero-order valence-electron chi connectivity index (χ0n) is 11.8. The second-order valence-corrected chi connectivity index (χ2v) is 5.64. The normalized spacial score (nSPS) is 11.8. The molecule has 0 bridgehead atoms. The summed E-state index contributed by atoms with van der Waals surface area (Å²) in [6, 6.07) is 7.66. The van der Waals surface area contributed by atoms with Crippen molar-refractivity contribution in [2.45, 2.75) is 19.9 Å². The minimum atomic E-state index is -0.168. The smallest absolute Gasteiger partial charge is 0.250 e. The van der Waals surface area contributed by atoms with E-state index < -0.39 is 0 Å². The lowest BCUT2D eigenvalue weighted by atomic mass is 10.2. The van der Waals surface area contributed by atoms with Gasteiger partial charge in [0.1, 0.15) is 0 Å². The maximum Gasteiger partial charge on any atom is 0.250 e. The van der Waals surface area contributed by atoms with Crippen LogP contribution < -0.4 is 4.80 Å². The average molecular weight is 325 g/mol. The van der Waals surface area contributed by atoms with Crippen molar-refractivity contribution in [2.24, 2.45) is 4.99 Å². The number of nitrogens with zero attached hydrogens (tertiary/aromatic N) is 2. The fourth-order valence-corrected chi connectivity index (χ4v) is 2.72. The minimum absolute atomic E-state index is 0.168. The molecular formula is C15H17ClN2O2S. The Balaban J connectivity index is 2.11. The number of halogens is 1. The first kappa shape index (κ1) is 15.9. The van der Waals surface area contributed by atoms with Gasteiger partial charge in [0.25, 0.3) is 5.91 Å². The fourth-order valence-electron chi connectivity index (χ4n) is 1.78. The number of amides is 1. The van der Waals surface area contributed by atoms with Gasteiger partial charge in [0, 0.05) is 23.2 Å². The molecule has 6 heteroatoms. The summed E-state index contributed by atoms with van der Waals surface area (Å²) < 4.78 is 7.08. The van der Waals surface area contributed by atoms with Crippen molar-refractivity contribution in [2.75, 3.05) is 13.2 Å². The molecule has 0 atom stereocenters. The Kier molecular flexibility index (Phi) is 6.17. The van der Waals surface area contributed by atoms with Gasteiger partial charge in [-0.05, 0) is 18.6 Å². The molecule has 0 aliphatic heterocycles. The SMILES string of the molecule is CCOCCC(=O)N=c1sccn1Cc1ccccc1Cl. The van der Waals surface area contributed by atoms with Gasteiger partial charge in [-0.1, -0.05) is 29.8 Å². The molecule has 0 aliphatic carbocycles. The number of thiazole rings is 1. The highest BCUT2D eigenvalue weighted by Gasteiger charge is 2.04. The first-order valence-corrected chi connectivity index (χ1v) is 7.99. The van der Waals surface area contributed by atoms with Crippen LogP contribution >= 0.6 is 22.9 Å². The molecule has 0 radical (unpaired) electrons. The zero-order chi connectivity index (χ0) is 15.1. The summed E-state index contributed by atoms with van der Waals surface area (Å²) >= 11 is 7.59. The van der Waals surface area contributed by atoms with Gasteiger partial charge in [-0.3, -0.25) is 4.79 Å². The van der Waals surface area contributed by atoms with Gasteiger partial charge in [-0.15, -0.1) is 11.3 Å². The van der Waals surface area contributed by atoms with Crippen molar-refractivity contribution in [1.29, 1.82) is 0 Å². The van der Waals surface area contributed by atoms with Crippen LogP contribution in [0.15, 0.2) is 40.8 Å². The number of ether oxygens (including phenoxy) is 1. The Labute approximate surface area is 132 Å². The third kappa shape index (κ3) is 4.81. The standard InChI is InChI=1S/C15H17ClN2O2S/c1-2-20-9-7-14(19)17-15-18(8-10-21-15)11-12-5-3-4-6-13(12)16/h3-6,8,10H,2,7,9,11H2,1H3. The van der Waals surface area contributed by atoms with Gasteiger partial charge in [-0.2, -0.15) is 4.99 Å². The van der Waals surface area contributed by atoms with Crippen LogP contribution in [0.2, 0.25) is 5.02 Å². The van der Waals surface area contributed by atoms with E-state index in [0.29, 0.717) is 36.0 Å². The van der Waals surface area contributed by atoms with Gasteiger partial charge in [0.05, 0.1) is 19.6 Å². The fraction of sp³-hybridized carbons (Fsp3) is 0.333. The van der Waals surface area contributed by atoms with Gasteiger partial charge >= 0.3 is 0 Å². The van der Waals surface area contributed by atoms with E-state index in [-0.39, 0.29) is 5.91 Å². The van der Waals surface area contributed by atoms with Crippen LogP contribution in [-0.2, 0) is 16.1 Å². The molecule has 0 unspecified atom stereocenters. The van der Waals surface area contributed by atoms with Crippen LogP contribution in [0, 0.1) is 0 Å². The Hall–Kier alpha value is -1.43. The number of benzene rings is 1. The summed E-state index contributed by atoms with van der Waals surface area (Å²) in [6.07, 6.45) is 2.21. The molecule has 0 N–H and O–H groups in total. The maximum absolute atomic E-state index is 11.8. The maximum atomic E-state index is 11.8. The molecule has 1 aromatic heterocycles. The van der Waals surface area contributed by atoms with Crippen molar-refractivity contribution in [3.8, 4) is 0 Å². The predicted molar refractivity (Wildman–Crippen MR) is 84.5 cm³/mol. The van der Waals surface area contributed by atoms with Crippen LogP contribution in [-0.4, -0.2) is 23.7 Å². The average Bonchev–Trinajstić information content (AvgIpc) is 2.89. The topological polar surface area (TPSA) is 43.6 Å². The summed E-state index contributed by atoms with van der Waals surface area (Å²) in [7, 11) is 0. The molecule has 0 spiro atoms. The molecule has 112 valence electrons. The molecule has 4 nitrogen and oxygen atoms in total. The summed E-state index contributed by atoms with van der Waals surface area (Å²) in [5, 5.41) is 2.62. The molecule has 0 saturated heterocycles. The van der Waals surface area contributed by atoms with Gasteiger partial charge in [0.2, 0.25) is 0 Å². The first-order valence-electron chi connectivity index (χ1n) is 6.73. The molecule has 2 aromatic rings. The lowest BCUT2D eigenvalue weighted by Gasteiger charge is -2.05. The van der Waals surface area contributed by atoms with E-state index >= 15 is 0 Å². The lowest BCUT2D eigenvalue weighted by Crippen LogP contribution is -2.17. The molecule has 0 aliphatic rings. The lowest BCUT2D eigenvalue weighted by molar-refractivity contribution is -0.119. The van der Waals surface area contributed by atoms with Gasteiger partial charge in [0.15, 0.2) is 4.80 Å². The number of aromatic nitrogens is 1. The van der Waals surface area contributed by atoms with Gasteiger partial charge < -0.3 is 9.30 Å². The summed E-state index contributed by atoms with van der Waals surface area (Å²) in [5.74, 6) is -0.168. The van der Waals surface area contributed by atoms with Crippen LogP contribution in [0.5, 0.6) is 0 Å². The van der Waals surface area contributed by atoms with Gasteiger partial charge in [-0.25, -0.2) is 0 Å². The minimum Gasteiger partial charge on any atom is -0.381 e. The monoisotopic (exact) mass is 324 g/mol. The Bertz CT molecular complexity index is 663. The highest BCUT2D eigenvalue weighted by Crippen LogP contribution is 2.15. The second-order valence-electron chi connectivity index (χ2n) is 4.36. The van der Waals surface area contributed by atoms with E-state index in [1.165, 1.54) is 11.3 Å². The highest BCUT2D eigenvalue weighted by molar-refractivity contribution is 7.07. The quantitative estimate of drug-likeness (QED) is 0.766. The Morgan fingerprint density at radius 1 is 1.43 bits per heavy atom. The Morgan fingerprint density at radius 2 is 2.24 bits per heavy atom. The van der Waals surface area contributed by atoms with Crippen molar-refractivity contribution in [3.05, 3.63) is 51.2 Å². The van der Waals surface area contributed by atoms with Crippen LogP contribution in [0.1, 0.15) is 18.9 Å². The number of hydrogen-bond donors (Lipinski definition) is 0. The van der Waals surface area contributed by atoms with Crippen molar-refractivity contribution >= 4 is 28.8 Å². The molecule has 1 aromatic carbocycles. The number of carbonyl (C=O) groups is 1. The molecule has 1 amide bonds. The van der Waals surface area contributed by atoms with E-state index in [4.69, 9.17) is 16.3 Å². The third-order valence-corrected chi connectivity index (χ3v) is 4.01. The highest BCUT2D eigenvalue weighted by atomic mass is 35.5. The van der Waals surface area contributed by atoms with E-state index in [9.17, 15) is 4.79 Å². The number of rotatable bonds is 6. The molecule has 21 heavy (non-hydrogen) atoms. The second kappa shape index (κ2) is 8.12. The number of hydrogen-bond acceptors (Lipinski definition) is 3. The molecule has 0 saturated carbocycles. The van der Waals surface area contributed by atoms with E-state index in [1.54, 1.807) is 0 Å². The van der Waals surface area contributed by atoms with Crippen molar-refractivity contribution < 1.29 is 9.53 Å². The van der Waals surface area contributed by atoms with E-state index in [2.05, 4.69) is 4.99 Å². The predicted octanol–water partition coefficient (Wildman–Crippen LogP) is 3.11. The third-order valence-electron chi connectivity index (χ3n) is 2.84.